The third kappa shape index (κ3) is 6.25. The van der Waals surface area contributed by atoms with Gasteiger partial charge in [0.1, 0.15) is 0 Å². The molecular formula is C50H38N2. The van der Waals surface area contributed by atoms with Gasteiger partial charge in [-0.1, -0.05) is 164 Å². The third-order valence-corrected chi connectivity index (χ3v) is 10.2. The van der Waals surface area contributed by atoms with Crippen molar-refractivity contribution in [1.82, 2.24) is 0 Å². The maximum atomic E-state index is 5.35. The Hall–Kier alpha value is -6.38. The van der Waals surface area contributed by atoms with E-state index in [1.165, 1.54) is 43.4 Å². The van der Waals surface area contributed by atoms with Crippen LogP contribution in [0.15, 0.2) is 192 Å². The summed E-state index contributed by atoms with van der Waals surface area (Å²) < 4.78 is 0. The third-order valence-electron chi connectivity index (χ3n) is 10.2. The molecule has 1 heterocycles. The topological polar surface area (TPSA) is 24.7 Å². The maximum Gasteiger partial charge on any atom is 0.160 e. The van der Waals surface area contributed by atoms with Crippen LogP contribution in [0.25, 0.3) is 60.3 Å². The van der Waals surface area contributed by atoms with E-state index in [9.17, 15) is 0 Å². The van der Waals surface area contributed by atoms with Gasteiger partial charge in [0, 0.05) is 5.56 Å². The van der Waals surface area contributed by atoms with Crippen molar-refractivity contribution in [2.75, 3.05) is 0 Å². The molecule has 0 aliphatic carbocycles. The number of hydrogen-bond acceptors (Lipinski definition) is 2. The molecule has 0 N–H and O–H groups in total. The lowest BCUT2D eigenvalue weighted by Gasteiger charge is -2.14. The van der Waals surface area contributed by atoms with Gasteiger partial charge in [-0.3, -0.25) is 0 Å². The molecule has 0 bridgehead atoms. The molecule has 1 aliphatic rings. The molecule has 0 saturated heterocycles. The van der Waals surface area contributed by atoms with Gasteiger partial charge in [-0.15, -0.1) is 0 Å². The molecule has 0 spiro atoms. The molecule has 0 aromatic heterocycles. The van der Waals surface area contributed by atoms with Gasteiger partial charge in [0.2, 0.25) is 0 Å². The van der Waals surface area contributed by atoms with Gasteiger partial charge in [-0.2, -0.15) is 0 Å². The van der Waals surface area contributed by atoms with Gasteiger partial charge < -0.3 is 0 Å². The molecule has 0 saturated carbocycles. The van der Waals surface area contributed by atoms with E-state index >= 15 is 0 Å². The smallest absolute Gasteiger partial charge is 0.160 e. The summed E-state index contributed by atoms with van der Waals surface area (Å²) in [6, 6.07) is 63.2. The predicted molar refractivity (Wildman–Crippen MR) is 222 cm³/mol. The molecule has 8 aromatic rings. The highest BCUT2D eigenvalue weighted by molar-refractivity contribution is 6.25. The van der Waals surface area contributed by atoms with Crippen molar-refractivity contribution in [3.05, 3.63) is 199 Å². The van der Waals surface area contributed by atoms with E-state index in [-0.39, 0.29) is 0 Å². The predicted octanol–water partition coefficient (Wildman–Crippen LogP) is 13.3. The van der Waals surface area contributed by atoms with E-state index in [0.717, 1.165) is 70.7 Å². The van der Waals surface area contributed by atoms with Crippen LogP contribution in [0, 0.1) is 0 Å². The van der Waals surface area contributed by atoms with Crippen LogP contribution in [0.4, 0.5) is 0 Å². The summed E-state index contributed by atoms with van der Waals surface area (Å²) in [5.74, 6) is 0.738. The van der Waals surface area contributed by atoms with Crippen molar-refractivity contribution in [1.29, 1.82) is 0 Å². The normalized spacial score (nSPS) is 13.8. The summed E-state index contributed by atoms with van der Waals surface area (Å²) in [4.78, 5) is 10.7. The fourth-order valence-corrected chi connectivity index (χ4v) is 7.61. The monoisotopic (exact) mass is 666 g/mol. The van der Waals surface area contributed by atoms with Crippen molar-refractivity contribution in [3.8, 4) is 22.3 Å². The summed E-state index contributed by atoms with van der Waals surface area (Å²) in [6.45, 7) is 0. The van der Waals surface area contributed by atoms with Gasteiger partial charge in [0.25, 0.3) is 0 Å². The second kappa shape index (κ2) is 14.1. The highest BCUT2D eigenvalue weighted by Gasteiger charge is 2.14. The fourth-order valence-electron chi connectivity index (χ4n) is 7.61. The number of hydrogen-bond donors (Lipinski definition) is 0. The van der Waals surface area contributed by atoms with Crippen molar-refractivity contribution in [2.24, 2.45) is 9.98 Å². The Balaban J connectivity index is 1.15. The van der Waals surface area contributed by atoms with Gasteiger partial charge in [0.15, 0.2) is 5.84 Å². The lowest BCUT2D eigenvalue weighted by molar-refractivity contribution is 0.777. The van der Waals surface area contributed by atoms with Crippen molar-refractivity contribution in [3.63, 3.8) is 0 Å². The standard InChI is InChI=1S/C50H38N2/c1-4-16-35(17-5-1)48-28-8-3-9-29-49(36-18-6-2-7-19-36)52-50(51-48)41-23-15-22-39(33-41)37-20-14-21-38(32-37)40-30-31-46-44-26-11-10-24-42(44)43-25-12-13-27-45(43)47(46)34-40/h1-2,4-7,10-28,30-34H,3,8-9,29H2. The minimum absolute atomic E-state index is 0.738. The molecule has 8 aromatic carbocycles. The quantitative estimate of drug-likeness (QED) is 0.163. The van der Waals surface area contributed by atoms with Gasteiger partial charge in [-0.25, -0.2) is 9.98 Å². The minimum Gasteiger partial charge on any atom is -0.233 e. The van der Waals surface area contributed by atoms with E-state index in [1.54, 1.807) is 0 Å². The molecule has 2 heteroatoms. The lowest BCUT2D eigenvalue weighted by Crippen LogP contribution is -2.08. The van der Waals surface area contributed by atoms with Crippen LogP contribution >= 0.6 is 0 Å². The zero-order valence-electron chi connectivity index (χ0n) is 29.0. The van der Waals surface area contributed by atoms with Crippen molar-refractivity contribution < 1.29 is 0 Å². The fraction of sp³-hybridized carbons (Fsp3) is 0.0800. The molecule has 0 amide bonds. The zero-order chi connectivity index (χ0) is 34.7. The minimum atomic E-state index is 0.738. The van der Waals surface area contributed by atoms with Crippen molar-refractivity contribution in [2.45, 2.75) is 25.7 Å². The number of aliphatic imine (C=N–C) groups is 2. The summed E-state index contributed by atoms with van der Waals surface area (Å²) >= 11 is 0. The Morgan fingerprint density at radius 2 is 0.808 bits per heavy atom. The Bertz CT molecular complexity index is 2630. The Kier molecular flexibility index (Phi) is 8.56. The molecule has 0 radical (unpaired) electrons. The number of rotatable bonds is 5. The molecule has 52 heavy (non-hydrogen) atoms. The zero-order valence-corrected chi connectivity index (χ0v) is 29.0. The van der Waals surface area contributed by atoms with Gasteiger partial charge >= 0.3 is 0 Å². The first-order valence-electron chi connectivity index (χ1n) is 18.3. The van der Waals surface area contributed by atoms with Gasteiger partial charge in [-0.05, 0) is 110 Å². The molecule has 248 valence electrons. The van der Waals surface area contributed by atoms with E-state index in [1.807, 2.05) is 0 Å². The van der Waals surface area contributed by atoms with Crippen LogP contribution < -0.4 is 0 Å². The van der Waals surface area contributed by atoms with E-state index in [0.29, 0.717) is 0 Å². The van der Waals surface area contributed by atoms with E-state index < -0.39 is 0 Å². The number of amidine groups is 1. The average molecular weight is 667 g/mol. The lowest BCUT2D eigenvalue weighted by atomic mass is 9.91. The first-order valence-corrected chi connectivity index (χ1v) is 18.3. The first kappa shape index (κ1) is 31.6. The summed E-state index contributed by atoms with van der Waals surface area (Å²) in [6.07, 6.45) is 6.35. The Labute approximate surface area is 305 Å². The molecule has 0 fully saturated rings. The maximum absolute atomic E-state index is 5.35. The van der Waals surface area contributed by atoms with Crippen LogP contribution in [-0.2, 0) is 0 Å². The molecule has 0 unspecified atom stereocenters. The molecule has 2 nitrogen and oxygen atoms in total. The SMILES string of the molecule is C1=C(c2ccccc2)N=C(c2cccc(-c3cccc(-c4ccc5c6ccccc6c6ccccc6c5c4)c3)c2)N=C(c2ccccc2)CCCC1. The second-order valence-corrected chi connectivity index (χ2v) is 13.6. The second-order valence-electron chi connectivity index (χ2n) is 13.6. The molecular weight excluding hydrogens is 629 g/mol. The van der Waals surface area contributed by atoms with E-state index in [2.05, 4.69) is 182 Å². The first-order chi connectivity index (χ1) is 25.8. The highest BCUT2D eigenvalue weighted by Crippen LogP contribution is 2.38. The van der Waals surface area contributed by atoms with E-state index in [4.69, 9.17) is 9.98 Å². The summed E-state index contributed by atoms with van der Waals surface area (Å²) in [7, 11) is 0. The molecule has 0 atom stereocenters. The van der Waals surface area contributed by atoms with Crippen LogP contribution in [0.1, 0.15) is 42.4 Å². The van der Waals surface area contributed by atoms with Crippen LogP contribution in [0.2, 0.25) is 0 Å². The summed E-state index contributed by atoms with van der Waals surface area (Å²) in [5, 5.41) is 7.73. The van der Waals surface area contributed by atoms with Crippen LogP contribution in [-0.4, -0.2) is 11.5 Å². The largest absolute Gasteiger partial charge is 0.233 e. The summed E-state index contributed by atoms with van der Waals surface area (Å²) in [5.41, 5.74) is 10.0. The van der Waals surface area contributed by atoms with Crippen LogP contribution in [0.5, 0.6) is 0 Å². The Morgan fingerprint density at radius 1 is 0.327 bits per heavy atom. The number of benzene rings is 8. The van der Waals surface area contributed by atoms with Crippen molar-refractivity contribution >= 4 is 49.6 Å². The number of nitrogens with zero attached hydrogens (tertiary/aromatic N) is 2. The van der Waals surface area contributed by atoms with Crippen LogP contribution in [0.3, 0.4) is 0 Å². The number of allylic oxidation sites excluding steroid dienone is 1. The molecule has 9 rings (SSSR count). The average Bonchev–Trinajstić information content (AvgIpc) is 3.23. The highest BCUT2D eigenvalue weighted by atomic mass is 14.9. The number of fused-ring (bicyclic) bond motifs is 6. The van der Waals surface area contributed by atoms with Gasteiger partial charge in [0.05, 0.1) is 11.4 Å². The molecule has 1 aliphatic heterocycles. The Morgan fingerprint density at radius 3 is 1.44 bits per heavy atom.